The fraction of sp³-hybridized carbons (Fsp3) is 0.333. The minimum atomic E-state index is -0.170. The highest BCUT2D eigenvalue weighted by Crippen LogP contribution is 2.65. The molecule has 0 unspecified atom stereocenters. The maximum Gasteiger partial charge on any atom is 0.238 e. The quantitative estimate of drug-likeness (QED) is 0.587. The van der Waals surface area contributed by atoms with Crippen molar-refractivity contribution < 1.29 is 19.1 Å². The number of ether oxygens (including phenoxy) is 2. The molecule has 5 nitrogen and oxygen atoms in total. The highest BCUT2D eigenvalue weighted by Gasteiger charge is 2.67. The Morgan fingerprint density at radius 2 is 1.24 bits per heavy atom. The molecule has 0 N–H and O–H groups in total. The minimum absolute atomic E-state index is 0.0338. The van der Waals surface area contributed by atoms with Crippen molar-refractivity contribution in [2.45, 2.75) is 6.42 Å². The van der Waals surface area contributed by atoms with Gasteiger partial charge >= 0.3 is 0 Å². The molecule has 0 aromatic heterocycles. The second kappa shape index (κ2) is 5.96. The first-order valence-electron chi connectivity index (χ1n) is 10.1. The standard InChI is InChI=1S/C24H21NO4/c1-28-14-6-8-16(9-7-14)29-15-4-2-13(3-5-15)25-23(26)21-17-10-11-18(20-12-19(17)20)22(21)24(25)27/h2-11,17-22H,12H2,1H3/t17-,18-,19-,20+,21-,22+/m1/s1. The molecular formula is C24H21NO4. The van der Waals surface area contributed by atoms with Crippen molar-refractivity contribution >= 4 is 17.5 Å². The molecule has 5 aliphatic rings. The molecule has 3 fully saturated rings. The van der Waals surface area contributed by atoms with E-state index in [1.165, 1.54) is 11.3 Å². The van der Waals surface area contributed by atoms with Gasteiger partial charge in [-0.3, -0.25) is 14.5 Å². The van der Waals surface area contributed by atoms with E-state index in [0.29, 0.717) is 29.0 Å². The topological polar surface area (TPSA) is 55.8 Å². The summed E-state index contributed by atoms with van der Waals surface area (Å²) in [6.45, 7) is 0. The Labute approximate surface area is 168 Å². The molecule has 29 heavy (non-hydrogen) atoms. The Bertz CT molecular complexity index is 990. The van der Waals surface area contributed by atoms with Crippen LogP contribution in [-0.4, -0.2) is 18.9 Å². The summed E-state index contributed by atoms with van der Waals surface area (Å²) in [7, 11) is 1.62. The van der Waals surface area contributed by atoms with Gasteiger partial charge in [0.2, 0.25) is 11.8 Å². The molecule has 4 aliphatic carbocycles. The van der Waals surface area contributed by atoms with Gasteiger partial charge in [-0.05, 0) is 78.6 Å². The van der Waals surface area contributed by atoms with E-state index >= 15 is 0 Å². The van der Waals surface area contributed by atoms with E-state index < -0.39 is 0 Å². The first-order chi connectivity index (χ1) is 14.2. The molecule has 1 heterocycles. The van der Waals surface area contributed by atoms with Crippen LogP contribution in [0.25, 0.3) is 0 Å². The van der Waals surface area contributed by atoms with Crippen LogP contribution in [-0.2, 0) is 9.59 Å². The predicted molar refractivity (Wildman–Crippen MR) is 107 cm³/mol. The molecule has 1 saturated heterocycles. The zero-order valence-electron chi connectivity index (χ0n) is 16.0. The molecule has 2 saturated carbocycles. The van der Waals surface area contributed by atoms with E-state index in [1.54, 1.807) is 31.4 Å². The number of hydrogen-bond acceptors (Lipinski definition) is 4. The highest BCUT2D eigenvalue weighted by atomic mass is 16.5. The zero-order valence-corrected chi connectivity index (χ0v) is 16.0. The number of imide groups is 1. The number of methoxy groups -OCH3 is 1. The van der Waals surface area contributed by atoms with Gasteiger partial charge in [0.15, 0.2) is 0 Å². The number of amides is 2. The molecule has 2 bridgehead atoms. The summed E-state index contributed by atoms with van der Waals surface area (Å²) in [5.41, 5.74) is 0.629. The number of carbonyl (C=O) groups is 2. The highest BCUT2D eigenvalue weighted by molar-refractivity contribution is 6.22. The lowest BCUT2D eigenvalue weighted by Crippen LogP contribution is -2.40. The van der Waals surface area contributed by atoms with Crippen LogP contribution in [0.1, 0.15) is 6.42 Å². The lowest BCUT2D eigenvalue weighted by molar-refractivity contribution is -0.124. The Balaban J connectivity index is 1.23. The first kappa shape index (κ1) is 16.8. The summed E-state index contributed by atoms with van der Waals surface area (Å²) in [5.74, 6) is 3.42. The molecule has 0 radical (unpaired) electrons. The lowest BCUT2D eigenvalue weighted by Gasteiger charge is -2.37. The summed E-state index contributed by atoms with van der Waals surface area (Å²) in [6, 6.07) is 14.5. The van der Waals surface area contributed by atoms with Gasteiger partial charge in [-0.15, -0.1) is 0 Å². The summed E-state index contributed by atoms with van der Waals surface area (Å²) in [6.07, 6.45) is 5.56. The number of allylic oxidation sites excluding steroid dienone is 2. The van der Waals surface area contributed by atoms with Crippen molar-refractivity contribution in [2.24, 2.45) is 35.5 Å². The van der Waals surface area contributed by atoms with Gasteiger partial charge in [-0.1, -0.05) is 12.2 Å². The molecule has 5 heteroatoms. The van der Waals surface area contributed by atoms with Crippen LogP contribution in [0.4, 0.5) is 5.69 Å². The molecule has 2 aromatic rings. The fourth-order valence-corrected chi connectivity index (χ4v) is 5.65. The predicted octanol–water partition coefficient (Wildman–Crippen LogP) is 4.05. The summed E-state index contributed by atoms with van der Waals surface area (Å²) < 4.78 is 11.0. The zero-order chi connectivity index (χ0) is 19.7. The molecule has 2 aromatic carbocycles. The van der Waals surface area contributed by atoms with Crippen LogP contribution in [0.15, 0.2) is 60.7 Å². The summed E-state index contributed by atoms with van der Waals surface area (Å²) in [5, 5.41) is 0. The lowest BCUT2D eigenvalue weighted by atomic mass is 9.63. The van der Waals surface area contributed by atoms with Crippen LogP contribution in [0, 0.1) is 35.5 Å². The van der Waals surface area contributed by atoms with Crippen LogP contribution >= 0.6 is 0 Å². The van der Waals surface area contributed by atoms with Crippen molar-refractivity contribution in [3.05, 3.63) is 60.7 Å². The number of hydrogen-bond donors (Lipinski definition) is 0. The molecule has 6 atom stereocenters. The van der Waals surface area contributed by atoms with Gasteiger partial charge in [0.1, 0.15) is 17.2 Å². The van der Waals surface area contributed by atoms with E-state index in [0.717, 1.165) is 5.75 Å². The minimum Gasteiger partial charge on any atom is -0.497 e. The average Bonchev–Trinajstić information content (AvgIpc) is 3.53. The third-order valence-electron chi connectivity index (χ3n) is 7.05. The molecule has 0 spiro atoms. The van der Waals surface area contributed by atoms with Crippen molar-refractivity contribution in [2.75, 3.05) is 12.0 Å². The number of anilines is 1. The second-order valence-electron chi connectivity index (χ2n) is 8.44. The maximum absolute atomic E-state index is 13.2. The van der Waals surface area contributed by atoms with Gasteiger partial charge < -0.3 is 9.47 Å². The van der Waals surface area contributed by atoms with E-state index in [1.807, 2.05) is 24.3 Å². The normalized spacial score (nSPS) is 33.5. The van der Waals surface area contributed by atoms with E-state index in [-0.39, 0.29) is 35.5 Å². The number of benzene rings is 2. The van der Waals surface area contributed by atoms with Crippen LogP contribution in [0.2, 0.25) is 0 Å². The number of carbonyl (C=O) groups excluding carboxylic acids is 2. The molecule has 7 rings (SSSR count). The molecule has 146 valence electrons. The van der Waals surface area contributed by atoms with E-state index in [9.17, 15) is 9.59 Å². The first-order valence-corrected chi connectivity index (χ1v) is 10.1. The summed E-state index contributed by atoms with van der Waals surface area (Å²) >= 11 is 0. The maximum atomic E-state index is 13.2. The van der Waals surface area contributed by atoms with Crippen molar-refractivity contribution in [1.82, 2.24) is 0 Å². The van der Waals surface area contributed by atoms with Gasteiger partial charge in [0, 0.05) is 0 Å². The van der Waals surface area contributed by atoms with Gasteiger partial charge in [0.05, 0.1) is 24.6 Å². The monoisotopic (exact) mass is 387 g/mol. The molecular weight excluding hydrogens is 366 g/mol. The van der Waals surface area contributed by atoms with Crippen molar-refractivity contribution in [1.29, 1.82) is 0 Å². The largest absolute Gasteiger partial charge is 0.497 e. The third kappa shape index (κ3) is 2.40. The van der Waals surface area contributed by atoms with E-state index in [4.69, 9.17) is 9.47 Å². The Morgan fingerprint density at radius 3 is 1.76 bits per heavy atom. The Morgan fingerprint density at radius 1 is 0.759 bits per heavy atom. The van der Waals surface area contributed by atoms with Gasteiger partial charge in [0.25, 0.3) is 0 Å². The van der Waals surface area contributed by atoms with Crippen molar-refractivity contribution in [3.63, 3.8) is 0 Å². The Hall–Kier alpha value is -3.08. The smallest absolute Gasteiger partial charge is 0.238 e. The average molecular weight is 387 g/mol. The fourth-order valence-electron chi connectivity index (χ4n) is 5.65. The number of rotatable bonds is 4. The SMILES string of the molecule is COc1ccc(Oc2ccc(N3C(=O)[C@@H]4[C@@H]5C=C[C@H]([C@@H]6C[C@H]56)[C@@H]4C3=O)cc2)cc1. The van der Waals surface area contributed by atoms with Crippen molar-refractivity contribution in [3.8, 4) is 17.2 Å². The van der Waals surface area contributed by atoms with E-state index in [2.05, 4.69) is 12.2 Å². The summed E-state index contributed by atoms with van der Waals surface area (Å²) in [4.78, 5) is 27.7. The van der Waals surface area contributed by atoms with Crippen LogP contribution in [0.5, 0.6) is 17.2 Å². The third-order valence-corrected chi connectivity index (χ3v) is 7.05. The van der Waals surface area contributed by atoms with Crippen LogP contribution < -0.4 is 14.4 Å². The molecule has 1 aliphatic heterocycles. The van der Waals surface area contributed by atoms with Gasteiger partial charge in [-0.25, -0.2) is 0 Å². The van der Waals surface area contributed by atoms with Gasteiger partial charge in [-0.2, -0.15) is 0 Å². The molecule has 2 amide bonds. The van der Waals surface area contributed by atoms with Crippen LogP contribution in [0.3, 0.4) is 0 Å². The second-order valence-corrected chi connectivity index (χ2v) is 8.44. The number of nitrogens with zero attached hydrogens (tertiary/aromatic N) is 1. The Kier molecular flexibility index (Phi) is 3.46.